The summed E-state index contributed by atoms with van der Waals surface area (Å²) in [6, 6.07) is 17.6. The van der Waals surface area contributed by atoms with Gasteiger partial charge in [0.25, 0.3) is 0 Å². The second kappa shape index (κ2) is 8.09. The molecule has 0 spiro atoms. The first-order valence-electron chi connectivity index (χ1n) is 9.63. The smallest absolute Gasteiger partial charge is 0.142 e. The maximum absolute atomic E-state index is 10.7. The first-order chi connectivity index (χ1) is 14.1. The number of ether oxygens (including phenoxy) is 1. The number of thiazole rings is 1. The first-order valence-corrected chi connectivity index (χ1v) is 10.5. The van der Waals surface area contributed by atoms with E-state index in [1.807, 2.05) is 61.5 Å². The van der Waals surface area contributed by atoms with Crippen molar-refractivity contribution in [2.75, 3.05) is 18.1 Å². The number of amidine groups is 1. The van der Waals surface area contributed by atoms with Gasteiger partial charge in [-0.1, -0.05) is 49.4 Å². The number of rotatable bonds is 6. The number of aryl methyl sites for hydroxylation is 1. The molecule has 0 fully saturated rings. The van der Waals surface area contributed by atoms with Crippen LogP contribution >= 0.6 is 11.3 Å². The van der Waals surface area contributed by atoms with Crippen molar-refractivity contribution >= 4 is 28.4 Å². The van der Waals surface area contributed by atoms with E-state index in [4.69, 9.17) is 15.1 Å². The van der Waals surface area contributed by atoms with Crippen molar-refractivity contribution in [1.82, 2.24) is 4.98 Å². The van der Waals surface area contributed by atoms with Gasteiger partial charge in [0.15, 0.2) is 0 Å². The lowest BCUT2D eigenvalue weighted by Crippen LogP contribution is -2.26. The van der Waals surface area contributed by atoms with Gasteiger partial charge in [0.1, 0.15) is 22.4 Å². The number of nitrogens with one attached hydrogen (secondary N) is 1. The zero-order valence-corrected chi connectivity index (χ0v) is 17.3. The van der Waals surface area contributed by atoms with E-state index in [2.05, 4.69) is 6.92 Å². The van der Waals surface area contributed by atoms with Crippen LogP contribution in [0.3, 0.4) is 0 Å². The quantitative estimate of drug-likeness (QED) is 0.554. The summed E-state index contributed by atoms with van der Waals surface area (Å²) in [5, 5.41) is 20.1. The van der Waals surface area contributed by atoms with Gasteiger partial charge >= 0.3 is 0 Å². The summed E-state index contributed by atoms with van der Waals surface area (Å²) >= 11 is 1.50. The number of anilines is 1. The monoisotopic (exact) mass is 405 g/mol. The van der Waals surface area contributed by atoms with Crippen molar-refractivity contribution in [3.05, 3.63) is 70.2 Å². The number of para-hydroxylation sites is 2. The van der Waals surface area contributed by atoms with Gasteiger partial charge in [-0.15, -0.1) is 11.3 Å². The van der Waals surface area contributed by atoms with Crippen LogP contribution in [-0.4, -0.2) is 29.1 Å². The van der Waals surface area contributed by atoms with Crippen molar-refractivity contribution in [2.24, 2.45) is 0 Å². The van der Waals surface area contributed by atoms with Crippen LogP contribution in [0, 0.1) is 12.3 Å². The van der Waals surface area contributed by atoms with Gasteiger partial charge < -0.3 is 14.7 Å². The molecule has 148 valence electrons. The van der Waals surface area contributed by atoms with Crippen LogP contribution in [0.1, 0.15) is 23.2 Å². The lowest BCUT2D eigenvalue weighted by atomic mass is 10.1. The number of aromatic nitrogens is 1. The largest absolute Gasteiger partial charge is 0.510 e. The second-order valence-corrected chi connectivity index (χ2v) is 8.07. The van der Waals surface area contributed by atoms with Crippen LogP contribution in [0.4, 0.5) is 5.69 Å². The van der Waals surface area contributed by atoms with E-state index < -0.39 is 0 Å². The van der Waals surface area contributed by atoms with Crippen LogP contribution < -0.4 is 9.64 Å². The molecule has 4 rings (SSSR count). The minimum Gasteiger partial charge on any atom is -0.510 e. The molecule has 29 heavy (non-hydrogen) atoms. The topological polar surface area (TPSA) is 69.4 Å². The van der Waals surface area contributed by atoms with Crippen molar-refractivity contribution in [3.8, 4) is 17.0 Å². The van der Waals surface area contributed by atoms with Crippen LogP contribution in [0.2, 0.25) is 0 Å². The highest BCUT2D eigenvalue weighted by Gasteiger charge is 2.33. The Morgan fingerprint density at radius 1 is 1.14 bits per heavy atom. The molecule has 3 aromatic rings. The van der Waals surface area contributed by atoms with E-state index >= 15 is 0 Å². The van der Waals surface area contributed by atoms with Gasteiger partial charge in [0.2, 0.25) is 0 Å². The molecular formula is C23H23N3O2S. The van der Waals surface area contributed by atoms with Gasteiger partial charge in [-0.2, -0.15) is 0 Å². The molecular weight excluding hydrogens is 382 g/mol. The van der Waals surface area contributed by atoms with Gasteiger partial charge in [0.05, 0.1) is 30.1 Å². The Morgan fingerprint density at radius 3 is 2.62 bits per heavy atom. The Kier molecular flexibility index (Phi) is 5.36. The maximum atomic E-state index is 10.7. The van der Waals surface area contributed by atoms with Crippen LogP contribution in [0.15, 0.2) is 60.4 Å². The van der Waals surface area contributed by atoms with E-state index in [-0.39, 0.29) is 18.1 Å². The molecule has 0 saturated carbocycles. The normalized spacial score (nSPS) is 14.0. The molecule has 1 aliphatic rings. The molecule has 0 saturated heterocycles. The Balaban J connectivity index is 1.66. The van der Waals surface area contributed by atoms with Crippen molar-refractivity contribution in [1.29, 1.82) is 5.41 Å². The fraction of sp³-hybridized carbons (Fsp3) is 0.217. The first kappa shape index (κ1) is 19.2. The Hall–Kier alpha value is -3.12. The molecule has 1 aromatic heterocycles. The number of nitrogens with zero attached hydrogens (tertiary/aromatic N) is 2. The molecule has 0 unspecified atom stereocenters. The van der Waals surface area contributed by atoms with Crippen molar-refractivity contribution in [2.45, 2.75) is 20.3 Å². The molecule has 0 bridgehead atoms. The molecule has 1 aliphatic heterocycles. The number of hydrogen-bond acceptors (Lipinski definition) is 5. The minimum absolute atomic E-state index is 0.161. The fourth-order valence-electron chi connectivity index (χ4n) is 3.39. The average molecular weight is 406 g/mol. The summed E-state index contributed by atoms with van der Waals surface area (Å²) < 4.78 is 5.85. The van der Waals surface area contributed by atoms with E-state index in [0.29, 0.717) is 22.9 Å². The zero-order valence-electron chi connectivity index (χ0n) is 16.5. The third-order valence-corrected chi connectivity index (χ3v) is 5.77. The third-order valence-electron chi connectivity index (χ3n) is 4.78. The van der Waals surface area contributed by atoms with Gasteiger partial charge in [-0.05, 0) is 25.5 Å². The van der Waals surface area contributed by atoms with Crippen LogP contribution in [0.5, 0.6) is 5.75 Å². The van der Waals surface area contributed by atoms with Crippen LogP contribution in [0.25, 0.3) is 16.8 Å². The standard InChI is InChI=1S/C23H23N3O2S/c1-3-13-28-19-12-8-7-11-17(19)26-14-18(27)20(22(26)24)23-25-21(15(2)29-23)16-9-5-4-6-10-16/h4-12,24,27H,3,13-14H2,1-2H3. The number of aliphatic hydroxyl groups is 1. The molecule has 0 aliphatic carbocycles. The minimum atomic E-state index is 0.161. The molecule has 5 nitrogen and oxygen atoms in total. The van der Waals surface area contributed by atoms with E-state index in [0.717, 1.165) is 28.2 Å². The molecule has 2 aromatic carbocycles. The van der Waals surface area contributed by atoms with E-state index in [1.165, 1.54) is 11.3 Å². The van der Waals surface area contributed by atoms with Crippen molar-refractivity contribution in [3.63, 3.8) is 0 Å². The Morgan fingerprint density at radius 2 is 1.86 bits per heavy atom. The van der Waals surface area contributed by atoms with E-state index in [9.17, 15) is 5.11 Å². The van der Waals surface area contributed by atoms with Gasteiger partial charge in [-0.3, -0.25) is 5.41 Å². The van der Waals surface area contributed by atoms with Crippen molar-refractivity contribution < 1.29 is 9.84 Å². The third kappa shape index (κ3) is 3.63. The number of benzene rings is 2. The number of aliphatic hydroxyl groups excluding tert-OH is 1. The van der Waals surface area contributed by atoms with E-state index in [1.54, 1.807) is 4.90 Å². The lowest BCUT2D eigenvalue weighted by Gasteiger charge is -2.21. The SMILES string of the molecule is CCCOc1ccccc1N1CC(O)=C(c2nc(-c3ccccc3)c(C)s2)C1=N. The summed E-state index contributed by atoms with van der Waals surface area (Å²) in [7, 11) is 0. The van der Waals surface area contributed by atoms with Gasteiger partial charge in [-0.25, -0.2) is 4.98 Å². The Labute approximate surface area is 174 Å². The maximum Gasteiger partial charge on any atom is 0.142 e. The van der Waals surface area contributed by atoms with Crippen LogP contribution in [-0.2, 0) is 0 Å². The Bertz CT molecular complexity index is 1070. The summed E-state index contributed by atoms with van der Waals surface area (Å²) in [6.45, 7) is 4.92. The summed E-state index contributed by atoms with van der Waals surface area (Å²) in [6.07, 6.45) is 0.904. The zero-order chi connectivity index (χ0) is 20.4. The average Bonchev–Trinajstić information content (AvgIpc) is 3.26. The summed E-state index contributed by atoms with van der Waals surface area (Å²) in [5.74, 6) is 1.12. The molecule has 0 radical (unpaired) electrons. The predicted molar refractivity (Wildman–Crippen MR) is 119 cm³/mol. The summed E-state index contributed by atoms with van der Waals surface area (Å²) in [5.41, 5.74) is 3.20. The van der Waals surface area contributed by atoms with Gasteiger partial charge in [0, 0.05) is 10.4 Å². The summed E-state index contributed by atoms with van der Waals surface area (Å²) in [4.78, 5) is 7.60. The second-order valence-electron chi connectivity index (χ2n) is 6.86. The lowest BCUT2D eigenvalue weighted by molar-refractivity contribution is 0.318. The molecule has 6 heteroatoms. The predicted octanol–water partition coefficient (Wildman–Crippen LogP) is 5.67. The highest BCUT2D eigenvalue weighted by Crippen LogP contribution is 2.39. The highest BCUT2D eigenvalue weighted by atomic mass is 32.1. The fourth-order valence-corrected chi connectivity index (χ4v) is 4.39. The molecule has 0 amide bonds. The molecule has 2 N–H and O–H groups in total. The molecule has 2 heterocycles. The molecule has 0 atom stereocenters. The number of hydrogen-bond donors (Lipinski definition) is 2. The highest BCUT2D eigenvalue weighted by molar-refractivity contribution is 7.13.